The molecule has 0 saturated heterocycles. The Morgan fingerprint density at radius 2 is 1.74 bits per heavy atom. The number of nitro benzene ring substituents is 1. The Balaban J connectivity index is 1.92. The second-order valence-electron chi connectivity index (χ2n) is 5.22. The number of hydrogen-bond donors (Lipinski definition) is 1. The van der Waals surface area contributed by atoms with E-state index < -0.39 is 4.92 Å². The van der Waals surface area contributed by atoms with Gasteiger partial charge in [0.25, 0.3) is 11.6 Å². The average Bonchev–Trinajstić information content (AvgIpc) is 2.56. The summed E-state index contributed by atoms with van der Waals surface area (Å²) in [5, 5.41) is 15.7. The standard InChI is InChI=1S/C18H14N2O3/c1-12-16(7-4-8-17(12)20(22)23)19-18(21)15-10-9-13-5-2-3-6-14(13)11-15/h2-11H,1H3,(H,19,21). The van der Waals surface area contributed by atoms with Crippen LogP contribution in [0.1, 0.15) is 15.9 Å². The van der Waals surface area contributed by atoms with Crippen LogP contribution in [0.2, 0.25) is 0 Å². The second-order valence-corrected chi connectivity index (χ2v) is 5.22. The lowest BCUT2D eigenvalue weighted by Crippen LogP contribution is -2.13. The average molecular weight is 306 g/mol. The van der Waals surface area contributed by atoms with Crippen LogP contribution in [0, 0.1) is 17.0 Å². The number of nitro groups is 1. The first kappa shape index (κ1) is 14.7. The Morgan fingerprint density at radius 1 is 1.00 bits per heavy atom. The summed E-state index contributed by atoms with van der Waals surface area (Å²) in [4.78, 5) is 22.9. The molecule has 23 heavy (non-hydrogen) atoms. The zero-order valence-corrected chi connectivity index (χ0v) is 12.4. The van der Waals surface area contributed by atoms with E-state index in [1.165, 1.54) is 6.07 Å². The number of carbonyl (C=O) groups excluding carboxylic acids is 1. The summed E-state index contributed by atoms with van der Waals surface area (Å²) in [5.41, 5.74) is 1.37. The summed E-state index contributed by atoms with van der Waals surface area (Å²) in [6.07, 6.45) is 0. The molecule has 0 fully saturated rings. The molecule has 0 bridgehead atoms. The van der Waals surface area contributed by atoms with Crippen LogP contribution in [0.5, 0.6) is 0 Å². The van der Waals surface area contributed by atoms with E-state index in [0.29, 0.717) is 16.8 Å². The summed E-state index contributed by atoms with van der Waals surface area (Å²) in [7, 11) is 0. The molecular formula is C18H14N2O3. The van der Waals surface area contributed by atoms with E-state index in [4.69, 9.17) is 0 Å². The first-order valence-electron chi connectivity index (χ1n) is 7.10. The Bertz CT molecular complexity index is 919. The molecule has 5 heteroatoms. The zero-order chi connectivity index (χ0) is 16.4. The first-order valence-corrected chi connectivity index (χ1v) is 7.10. The molecule has 0 unspecified atom stereocenters. The molecule has 0 aromatic heterocycles. The van der Waals surface area contributed by atoms with Gasteiger partial charge in [-0.1, -0.05) is 36.4 Å². The monoisotopic (exact) mass is 306 g/mol. The summed E-state index contributed by atoms with van der Waals surface area (Å²) in [6, 6.07) is 17.8. The van der Waals surface area contributed by atoms with E-state index in [2.05, 4.69) is 5.32 Å². The predicted molar refractivity (Wildman–Crippen MR) is 89.7 cm³/mol. The number of benzene rings is 3. The molecule has 0 radical (unpaired) electrons. The highest BCUT2D eigenvalue weighted by Crippen LogP contribution is 2.25. The van der Waals surface area contributed by atoms with E-state index in [-0.39, 0.29) is 11.6 Å². The summed E-state index contributed by atoms with van der Waals surface area (Å²) >= 11 is 0. The highest BCUT2D eigenvalue weighted by Gasteiger charge is 2.15. The number of carbonyl (C=O) groups is 1. The third kappa shape index (κ3) is 2.89. The maximum atomic E-state index is 12.4. The number of anilines is 1. The van der Waals surface area contributed by atoms with E-state index >= 15 is 0 Å². The van der Waals surface area contributed by atoms with Crippen molar-refractivity contribution in [3.05, 3.63) is 81.9 Å². The molecule has 0 spiro atoms. The SMILES string of the molecule is Cc1c(NC(=O)c2ccc3ccccc3c2)cccc1[N+](=O)[O-]. The molecule has 0 aliphatic heterocycles. The topological polar surface area (TPSA) is 72.2 Å². The van der Waals surface area contributed by atoms with Crippen LogP contribution in [0.25, 0.3) is 10.8 Å². The number of amides is 1. The predicted octanol–water partition coefficient (Wildman–Crippen LogP) is 4.31. The van der Waals surface area contributed by atoms with Gasteiger partial charge in [0.15, 0.2) is 0 Å². The van der Waals surface area contributed by atoms with Gasteiger partial charge in [0, 0.05) is 11.6 Å². The van der Waals surface area contributed by atoms with Crippen molar-refractivity contribution in [3.63, 3.8) is 0 Å². The Kier molecular flexibility index (Phi) is 3.76. The van der Waals surface area contributed by atoms with Crippen LogP contribution in [0.15, 0.2) is 60.7 Å². The fourth-order valence-electron chi connectivity index (χ4n) is 2.48. The fourth-order valence-corrected chi connectivity index (χ4v) is 2.48. The number of fused-ring (bicyclic) bond motifs is 1. The molecule has 3 aromatic rings. The molecular weight excluding hydrogens is 292 g/mol. The third-order valence-electron chi connectivity index (χ3n) is 3.76. The maximum Gasteiger partial charge on any atom is 0.274 e. The van der Waals surface area contributed by atoms with E-state index in [1.807, 2.05) is 30.3 Å². The highest BCUT2D eigenvalue weighted by molar-refractivity contribution is 6.06. The van der Waals surface area contributed by atoms with Crippen molar-refractivity contribution in [2.45, 2.75) is 6.92 Å². The smallest absolute Gasteiger partial charge is 0.274 e. The Labute approximate surface area is 132 Å². The highest BCUT2D eigenvalue weighted by atomic mass is 16.6. The number of rotatable bonds is 3. The van der Waals surface area contributed by atoms with E-state index in [9.17, 15) is 14.9 Å². The molecule has 3 rings (SSSR count). The van der Waals surface area contributed by atoms with Crippen molar-refractivity contribution >= 4 is 28.1 Å². The minimum Gasteiger partial charge on any atom is -0.321 e. The van der Waals surface area contributed by atoms with Gasteiger partial charge in [0.05, 0.1) is 16.2 Å². The van der Waals surface area contributed by atoms with Crippen molar-refractivity contribution in [2.24, 2.45) is 0 Å². The molecule has 5 nitrogen and oxygen atoms in total. The largest absolute Gasteiger partial charge is 0.321 e. The number of hydrogen-bond acceptors (Lipinski definition) is 3. The van der Waals surface area contributed by atoms with E-state index in [0.717, 1.165) is 10.8 Å². The van der Waals surface area contributed by atoms with Crippen molar-refractivity contribution in [3.8, 4) is 0 Å². The fraction of sp³-hybridized carbons (Fsp3) is 0.0556. The van der Waals surface area contributed by atoms with Crippen LogP contribution in [-0.4, -0.2) is 10.8 Å². The quantitative estimate of drug-likeness (QED) is 0.579. The van der Waals surface area contributed by atoms with Gasteiger partial charge >= 0.3 is 0 Å². The molecule has 0 aliphatic carbocycles. The Morgan fingerprint density at radius 3 is 2.48 bits per heavy atom. The van der Waals surface area contributed by atoms with Crippen LogP contribution in [0.3, 0.4) is 0 Å². The van der Waals surface area contributed by atoms with Crippen molar-refractivity contribution < 1.29 is 9.72 Å². The molecule has 114 valence electrons. The van der Waals surface area contributed by atoms with Crippen LogP contribution in [0.4, 0.5) is 11.4 Å². The summed E-state index contributed by atoms with van der Waals surface area (Å²) in [5.74, 6) is -0.292. The van der Waals surface area contributed by atoms with Crippen molar-refractivity contribution in [1.29, 1.82) is 0 Å². The van der Waals surface area contributed by atoms with Crippen LogP contribution in [-0.2, 0) is 0 Å². The molecule has 0 heterocycles. The van der Waals surface area contributed by atoms with Gasteiger partial charge in [-0.25, -0.2) is 0 Å². The lowest BCUT2D eigenvalue weighted by Gasteiger charge is -2.09. The van der Waals surface area contributed by atoms with Crippen LogP contribution >= 0.6 is 0 Å². The number of nitrogens with one attached hydrogen (secondary N) is 1. The minimum atomic E-state index is -0.457. The van der Waals surface area contributed by atoms with Crippen molar-refractivity contribution in [2.75, 3.05) is 5.32 Å². The number of nitrogens with zero attached hydrogens (tertiary/aromatic N) is 1. The summed E-state index contributed by atoms with van der Waals surface area (Å²) in [6.45, 7) is 1.62. The lowest BCUT2D eigenvalue weighted by molar-refractivity contribution is -0.385. The maximum absolute atomic E-state index is 12.4. The zero-order valence-electron chi connectivity index (χ0n) is 12.4. The first-order chi connectivity index (χ1) is 11.1. The van der Waals surface area contributed by atoms with Gasteiger partial charge in [-0.15, -0.1) is 0 Å². The van der Waals surface area contributed by atoms with Gasteiger partial charge in [0.1, 0.15) is 0 Å². The van der Waals surface area contributed by atoms with Gasteiger partial charge in [-0.05, 0) is 35.9 Å². The van der Waals surface area contributed by atoms with Gasteiger partial charge in [-0.3, -0.25) is 14.9 Å². The van der Waals surface area contributed by atoms with Gasteiger partial charge in [-0.2, -0.15) is 0 Å². The summed E-state index contributed by atoms with van der Waals surface area (Å²) < 4.78 is 0. The lowest BCUT2D eigenvalue weighted by atomic mass is 10.1. The third-order valence-corrected chi connectivity index (χ3v) is 3.76. The second kappa shape index (κ2) is 5.88. The van der Waals surface area contributed by atoms with Gasteiger partial charge in [0.2, 0.25) is 0 Å². The molecule has 0 saturated carbocycles. The molecule has 1 amide bonds. The van der Waals surface area contributed by atoms with E-state index in [1.54, 1.807) is 31.2 Å². The van der Waals surface area contributed by atoms with Gasteiger partial charge < -0.3 is 5.32 Å². The molecule has 3 aromatic carbocycles. The molecule has 0 atom stereocenters. The van der Waals surface area contributed by atoms with Crippen molar-refractivity contribution in [1.82, 2.24) is 0 Å². The molecule has 1 N–H and O–H groups in total. The van der Waals surface area contributed by atoms with Crippen LogP contribution < -0.4 is 5.32 Å². The Hall–Kier alpha value is -3.21. The normalized spacial score (nSPS) is 10.5. The minimum absolute atomic E-state index is 0.0127. The molecule has 0 aliphatic rings.